The fourth-order valence-corrected chi connectivity index (χ4v) is 5.94. The molecule has 12 heteroatoms. The van der Waals surface area contributed by atoms with Gasteiger partial charge in [-0.2, -0.15) is 4.98 Å². The van der Waals surface area contributed by atoms with Gasteiger partial charge in [-0.05, 0) is 39.2 Å². The molecule has 5 N–H and O–H groups in total. The van der Waals surface area contributed by atoms with E-state index in [-0.39, 0.29) is 37.1 Å². The molecule has 3 rings (SSSR count). The quantitative estimate of drug-likeness (QED) is 0.321. The predicted octanol–water partition coefficient (Wildman–Crippen LogP) is 2.01. The summed E-state index contributed by atoms with van der Waals surface area (Å²) in [6, 6.07) is 1.47. The van der Waals surface area contributed by atoms with E-state index in [1.54, 1.807) is 40.8 Å². The fourth-order valence-electron chi connectivity index (χ4n) is 4.17. The number of rotatable bonds is 9. The molecule has 3 heterocycles. The van der Waals surface area contributed by atoms with Crippen LogP contribution in [0.1, 0.15) is 70.7 Å². The van der Waals surface area contributed by atoms with E-state index in [1.165, 1.54) is 6.07 Å². The van der Waals surface area contributed by atoms with Crippen LogP contribution >= 0.6 is 7.60 Å². The highest BCUT2D eigenvalue weighted by Gasteiger charge is 2.51. The molecule has 3 aliphatic heterocycles. The molecule has 1 fully saturated rings. The lowest BCUT2D eigenvalue weighted by atomic mass is 9.92. The van der Waals surface area contributed by atoms with Gasteiger partial charge in [0.2, 0.25) is 0 Å². The zero-order chi connectivity index (χ0) is 25.5. The summed E-state index contributed by atoms with van der Waals surface area (Å²) in [5.41, 5.74) is -0.765. The van der Waals surface area contributed by atoms with Crippen molar-refractivity contribution in [3.63, 3.8) is 0 Å². The Labute approximate surface area is 198 Å². The van der Waals surface area contributed by atoms with Crippen LogP contribution in [0.25, 0.3) is 11.5 Å². The second-order valence-corrected chi connectivity index (χ2v) is 11.2. The van der Waals surface area contributed by atoms with Crippen molar-refractivity contribution in [2.24, 2.45) is 0 Å². The molecule has 0 amide bonds. The van der Waals surface area contributed by atoms with Crippen molar-refractivity contribution in [1.29, 1.82) is 0 Å². The molecule has 6 atom stereocenters. The second kappa shape index (κ2) is 9.73. The molecule has 0 aliphatic carbocycles. The average molecular weight is 500 g/mol. The Morgan fingerprint density at radius 3 is 2.41 bits per heavy atom. The highest BCUT2D eigenvalue weighted by Crippen LogP contribution is 2.60. The van der Waals surface area contributed by atoms with E-state index in [2.05, 4.69) is 15.0 Å². The van der Waals surface area contributed by atoms with Gasteiger partial charge in [0.25, 0.3) is 5.56 Å². The zero-order valence-corrected chi connectivity index (χ0v) is 21.0. The predicted molar refractivity (Wildman–Crippen MR) is 123 cm³/mol. The summed E-state index contributed by atoms with van der Waals surface area (Å²) in [6.45, 7) is 8.27. The van der Waals surface area contributed by atoms with Crippen LogP contribution in [0.2, 0.25) is 0 Å². The molecule has 34 heavy (non-hydrogen) atoms. The van der Waals surface area contributed by atoms with Crippen molar-refractivity contribution in [3.8, 4) is 11.5 Å². The number of aryl methyl sites for hydroxylation is 1. The summed E-state index contributed by atoms with van der Waals surface area (Å²) < 4.78 is 24.4. The lowest BCUT2D eigenvalue weighted by molar-refractivity contribution is -0.0545. The second-order valence-electron chi connectivity index (χ2n) is 9.18. The van der Waals surface area contributed by atoms with Crippen molar-refractivity contribution in [1.82, 2.24) is 15.0 Å². The van der Waals surface area contributed by atoms with Crippen LogP contribution in [-0.2, 0) is 13.8 Å². The number of aliphatic hydroxyl groups is 3. The molecule has 190 valence electrons. The maximum absolute atomic E-state index is 12.9. The Hall–Kier alpha value is -1.72. The third kappa shape index (κ3) is 4.97. The Morgan fingerprint density at radius 1 is 1.18 bits per heavy atom. The van der Waals surface area contributed by atoms with Gasteiger partial charge in [0.15, 0.2) is 11.2 Å². The van der Waals surface area contributed by atoms with E-state index in [4.69, 9.17) is 9.26 Å². The number of hydrogen-bond donors (Lipinski definition) is 5. The van der Waals surface area contributed by atoms with Gasteiger partial charge in [-0.3, -0.25) is 9.36 Å². The maximum Gasteiger partial charge on any atom is 0.359 e. The first kappa shape index (κ1) is 26.9. The van der Waals surface area contributed by atoms with Crippen LogP contribution in [0.4, 0.5) is 0 Å². The summed E-state index contributed by atoms with van der Waals surface area (Å²) in [7, 11) is -4.47. The normalized spacial score (nSPS) is 27.0. The Kier molecular flexibility index (Phi) is 7.69. The molecule has 0 aromatic rings. The largest absolute Gasteiger partial charge is 0.388 e. The Balaban J connectivity index is 1.87. The SMILES string of the molecule is CCC(C)(C[C@H]1O[C@@H](c2cc3nc(C)c[nH]c-3nc2=O)[C@@H](O)C1O)OP(=O)(O)C(O)(CC)CC. The summed E-state index contributed by atoms with van der Waals surface area (Å²) in [4.78, 5) is 34.3. The lowest BCUT2D eigenvalue weighted by Gasteiger charge is -2.38. The van der Waals surface area contributed by atoms with E-state index >= 15 is 0 Å². The van der Waals surface area contributed by atoms with Crippen molar-refractivity contribution < 1.29 is 34.0 Å². The van der Waals surface area contributed by atoms with Crippen molar-refractivity contribution in [2.45, 2.75) is 95.7 Å². The molecule has 1 saturated heterocycles. The van der Waals surface area contributed by atoms with E-state index in [9.17, 15) is 29.6 Å². The molecular formula is C22H34N3O8P. The standard InChI is InChI=1S/C22H34N3O8P/c1-6-21(5,33-34(30,31)22(29,7-2)8-3)10-15-16(26)17(27)18(32-15)13-9-14-19(25-20(13)28)23-11-12(4)24-14/h9,11,15-18,26-27,29H,6-8,10H2,1-5H3,(H,30,31)(H,23,25,28)/t15-,16?,17+,18+,21?/m1/s1. The molecule has 11 nitrogen and oxygen atoms in total. The molecule has 0 spiro atoms. The van der Waals surface area contributed by atoms with E-state index in [0.717, 1.165) is 0 Å². The summed E-state index contributed by atoms with van der Waals surface area (Å²) in [5.74, 6) is 0.286. The first-order valence-electron chi connectivity index (χ1n) is 11.4. The van der Waals surface area contributed by atoms with Gasteiger partial charge in [0, 0.05) is 12.6 Å². The third-order valence-corrected chi connectivity index (χ3v) is 9.13. The number of aromatic nitrogens is 3. The van der Waals surface area contributed by atoms with E-state index in [0.29, 0.717) is 11.4 Å². The Morgan fingerprint density at radius 2 is 1.82 bits per heavy atom. The van der Waals surface area contributed by atoms with Crippen molar-refractivity contribution in [2.75, 3.05) is 0 Å². The van der Waals surface area contributed by atoms with Gasteiger partial charge in [-0.15, -0.1) is 0 Å². The van der Waals surface area contributed by atoms with Gasteiger partial charge in [-0.1, -0.05) is 20.8 Å². The summed E-state index contributed by atoms with van der Waals surface area (Å²) in [6.07, 6.45) is -3.15. The molecule has 3 unspecified atom stereocenters. The summed E-state index contributed by atoms with van der Waals surface area (Å²) in [5, 5.41) is 30.1. The average Bonchev–Trinajstić information content (AvgIpc) is 3.05. The van der Waals surface area contributed by atoms with Crippen LogP contribution in [0, 0.1) is 6.92 Å². The number of ether oxygens (including phenoxy) is 1. The van der Waals surface area contributed by atoms with Crippen LogP contribution in [0.5, 0.6) is 0 Å². The van der Waals surface area contributed by atoms with Gasteiger partial charge in [0.1, 0.15) is 24.0 Å². The molecular weight excluding hydrogens is 465 g/mol. The number of hydrogen-bond acceptors (Lipinski definition) is 9. The first-order valence-corrected chi connectivity index (χ1v) is 13.0. The summed E-state index contributed by atoms with van der Waals surface area (Å²) >= 11 is 0. The molecule has 0 aromatic heterocycles. The van der Waals surface area contributed by atoms with E-state index < -0.39 is 48.5 Å². The third-order valence-electron chi connectivity index (χ3n) is 6.76. The minimum atomic E-state index is -4.47. The number of fused-ring (bicyclic) bond motifs is 1. The van der Waals surface area contributed by atoms with Crippen LogP contribution in [-0.4, -0.2) is 64.4 Å². The van der Waals surface area contributed by atoms with Crippen molar-refractivity contribution in [3.05, 3.63) is 33.9 Å². The number of nitrogens with one attached hydrogen (secondary N) is 1. The van der Waals surface area contributed by atoms with Gasteiger partial charge in [-0.25, -0.2) is 4.98 Å². The monoisotopic (exact) mass is 499 g/mol. The number of pyridine rings is 1. The highest BCUT2D eigenvalue weighted by atomic mass is 31.2. The maximum atomic E-state index is 12.9. The fraction of sp³-hybridized carbons (Fsp3) is 0.682. The number of H-pyrrole nitrogens is 1. The first-order chi connectivity index (χ1) is 15.8. The number of aliphatic hydroxyl groups excluding tert-OH is 2. The minimum Gasteiger partial charge on any atom is -0.388 e. The topological polar surface area (TPSA) is 175 Å². The molecule has 3 aliphatic rings. The number of aromatic amines is 1. The molecule has 0 aromatic carbocycles. The van der Waals surface area contributed by atoms with Crippen LogP contribution in [0.3, 0.4) is 0 Å². The minimum absolute atomic E-state index is 0.0204. The van der Waals surface area contributed by atoms with Crippen molar-refractivity contribution >= 4 is 7.60 Å². The van der Waals surface area contributed by atoms with E-state index in [1.807, 2.05) is 0 Å². The smallest absolute Gasteiger partial charge is 0.359 e. The molecule has 0 bridgehead atoms. The van der Waals surface area contributed by atoms with Crippen LogP contribution < -0.4 is 5.56 Å². The highest BCUT2D eigenvalue weighted by molar-refractivity contribution is 7.54. The van der Waals surface area contributed by atoms with Crippen LogP contribution in [0.15, 0.2) is 17.1 Å². The van der Waals surface area contributed by atoms with Gasteiger partial charge < -0.3 is 34.5 Å². The number of nitrogens with zero attached hydrogens (tertiary/aromatic N) is 2. The Bertz CT molecular complexity index is 1090. The van der Waals surface area contributed by atoms with Gasteiger partial charge in [0.05, 0.1) is 23.0 Å². The van der Waals surface area contributed by atoms with Gasteiger partial charge >= 0.3 is 7.60 Å². The lowest BCUT2D eigenvalue weighted by Crippen LogP contribution is -2.40. The molecule has 0 radical (unpaired) electrons. The zero-order valence-electron chi connectivity index (χ0n) is 20.1. The molecule has 0 saturated carbocycles.